The Bertz CT molecular complexity index is 416. The first-order valence-electron chi connectivity index (χ1n) is 3.48. The SMILES string of the molecule is O=Cc1cc(Cl)cc([N+](=O)[O-])c1C=O. The topological polar surface area (TPSA) is 77.3 Å². The van der Waals surface area contributed by atoms with Crippen LogP contribution in [0.4, 0.5) is 5.69 Å². The lowest BCUT2D eigenvalue weighted by molar-refractivity contribution is -0.385. The van der Waals surface area contributed by atoms with E-state index < -0.39 is 10.6 Å². The fourth-order valence-corrected chi connectivity index (χ4v) is 1.22. The van der Waals surface area contributed by atoms with Gasteiger partial charge in [0, 0.05) is 16.7 Å². The second kappa shape index (κ2) is 3.97. The first-order valence-corrected chi connectivity index (χ1v) is 3.86. The van der Waals surface area contributed by atoms with Crippen molar-refractivity contribution in [3.05, 3.63) is 38.4 Å². The molecule has 5 nitrogen and oxygen atoms in total. The molecule has 0 N–H and O–H groups in total. The van der Waals surface area contributed by atoms with E-state index in [4.69, 9.17) is 11.6 Å². The van der Waals surface area contributed by atoms with Crippen molar-refractivity contribution in [2.75, 3.05) is 0 Å². The Balaban J connectivity index is 3.54. The zero-order valence-electron chi connectivity index (χ0n) is 6.77. The van der Waals surface area contributed by atoms with Gasteiger partial charge in [0.2, 0.25) is 0 Å². The van der Waals surface area contributed by atoms with E-state index in [2.05, 4.69) is 0 Å². The van der Waals surface area contributed by atoms with Gasteiger partial charge in [0.15, 0.2) is 12.6 Å². The number of hydrogen-bond donors (Lipinski definition) is 0. The molecular formula is C8H4ClNO4. The zero-order valence-corrected chi connectivity index (χ0v) is 7.52. The zero-order chi connectivity index (χ0) is 10.7. The highest BCUT2D eigenvalue weighted by molar-refractivity contribution is 6.31. The summed E-state index contributed by atoms with van der Waals surface area (Å²) >= 11 is 5.52. The first-order chi connectivity index (χ1) is 6.60. The van der Waals surface area contributed by atoms with Gasteiger partial charge < -0.3 is 0 Å². The van der Waals surface area contributed by atoms with E-state index >= 15 is 0 Å². The van der Waals surface area contributed by atoms with E-state index in [0.29, 0.717) is 6.29 Å². The number of halogens is 1. The maximum atomic E-state index is 10.5. The summed E-state index contributed by atoms with van der Waals surface area (Å²) in [5.74, 6) is 0. The number of carbonyl (C=O) groups is 2. The summed E-state index contributed by atoms with van der Waals surface area (Å²) in [6.45, 7) is 0. The predicted molar refractivity (Wildman–Crippen MR) is 48.9 cm³/mol. The minimum absolute atomic E-state index is 0.0457. The molecule has 0 aliphatic carbocycles. The number of nitro benzene ring substituents is 1. The molecule has 1 aromatic rings. The van der Waals surface area contributed by atoms with Gasteiger partial charge in [0.25, 0.3) is 5.69 Å². The third kappa shape index (κ3) is 1.77. The lowest BCUT2D eigenvalue weighted by Gasteiger charge is -1.99. The van der Waals surface area contributed by atoms with Crippen LogP contribution in [-0.4, -0.2) is 17.5 Å². The normalized spacial score (nSPS) is 9.50. The molecule has 0 fully saturated rings. The lowest BCUT2D eigenvalue weighted by atomic mass is 10.1. The van der Waals surface area contributed by atoms with Crippen molar-refractivity contribution < 1.29 is 14.5 Å². The summed E-state index contributed by atoms with van der Waals surface area (Å²) in [5.41, 5.74) is -0.803. The Morgan fingerprint density at radius 3 is 2.36 bits per heavy atom. The fourth-order valence-electron chi connectivity index (χ4n) is 1.00. The molecule has 0 unspecified atom stereocenters. The maximum absolute atomic E-state index is 10.5. The highest BCUT2D eigenvalue weighted by Crippen LogP contribution is 2.24. The van der Waals surface area contributed by atoms with E-state index in [9.17, 15) is 19.7 Å². The Hall–Kier alpha value is -1.75. The van der Waals surface area contributed by atoms with E-state index in [-0.39, 0.29) is 22.4 Å². The van der Waals surface area contributed by atoms with Crippen molar-refractivity contribution >= 4 is 29.9 Å². The smallest absolute Gasteiger partial charge is 0.282 e. The summed E-state index contributed by atoms with van der Waals surface area (Å²) < 4.78 is 0. The molecule has 0 radical (unpaired) electrons. The van der Waals surface area contributed by atoms with Crippen LogP contribution in [0.25, 0.3) is 0 Å². The van der Waals surface area contributed by atoms with Crippen LogP contribution in [0.1, 0.15) is 20.7 Å². The van der Waals surface area contributed by atoms with Gasteiger partial charge in [-0.2, -0.15) is 0 Å². The van der Waals surface area contributed by atoms with Gasteiger partial charge in [0.1, 0.15) is 5.56 Å². The molecule has 0 atom stereocenters. The van der Waals surface area contributed by atoms with Gasteiger partial charge in [-0.1, -0.05) is 11.6 Å². The van der Waals surface area contributed by atoms with Crippen molar-refractivity contribution in [2.24, 2.45) is 0 Å². The van der Waals surface area contributed by atoms with E-state index in [1.165, 1.54) is 6.07 Å². The molecule has 72 valence electrons. The quantitative estimate of drug-likeness (QED) is 0.436. The van der Waals surface area contributed by atoms with Crippen LogP contribution in [0.2, 0.25) is 5.02 Å². The van der Waals surface area contributed by atoms with Crippen LogP contribution in [-0.2, 0) is 0 Å². The Labute approximate surface area is 83.4 Å². The Kier molecular flexibility index (Phi) is 2.93. The van der Waals surface area contributed by atoms with Crippen LogP contribution < -0.4 is 0 Å². The second-order valence-electron chi connectivity index (χ2n) is 2.42. The van der Waals surface area contributed by atoms with Gasteiger partial charge in [-0.3, -0.25) is 19.7 Å². The molecule has 0 heterocycles. The van der Waals surface area contributed by atoms with Gasteiger partial charge in [-0.15, -0.1) is 0 Å². The van der Waals surface area contributed by atoms with E-state index in [1.807, 2.05) is 0 Å². The minimum Gasteiger partial charge on any atom is -0.298 e. The maximum Gasteiger partial charge on any atom is 0.282 e. The molecule has 0 spiro atoms. The number of rotatable bonds is 3. The highest BCUT2D eigenvalue weighted by atomic mass is 35.5. The van der Waals surface area contributed by atoms with Crippen LogP contribution >= 0.6 is 11.6 Å². The van der Waals surface area contributed by atoms with Crippen LogP contribution in [0.5, 0.6) is 0 Å². The van der Waals surface area contributed by atoms with Gasteiger partial charge in [-0.05, 0) is 6.07 Å². The molecule has 0 bridgehead atoms. The molecule has 1 aromatic carbocycles. The molecule has 6 heteroatoms. The van der Waals surface area contributed by atoms with Gasteiger partial charge in [0.05, 0.1) is 4.92 Å². The Morgan fingerprint density at radius 2 is 1.93 bits per heavy atom. The molecular weight excluding hydrogens is 210 g/mol. The average molecular weight is 214 g/mol. The first kappa shape index (κ1) is 10.3. The second-order valence-corrected chi connectivity index (χ2v) is 2.86. The number of nitrogens with zero attached hydrogens (tertiary/aromatic N) is 1. The third-order valence-electron chi connectivity index (χ3n) is 1.60. The monoisotopic (exact) mass is 213 g/mol. The fraction of sp³-hybridized carbons (Fsp3) is 0. The summed E-state index contributed by atoms with van der Waals surface area (Å²) in [6.07, 6.45) is 0.612. The summed E-state index contributed by atoms with van der Waals surface area (Å²) in [6, 6.07) is 2.23. The van der Waals surface area contributed by atoms with Gasteiger partial charge in [-0.25, -0.2) is 0 Å². The number of carbonyl (C=O) groups excluding carboxylic acids is 2. The van der Waals surface area contributed by atoms with Crippen molar-refractivity contribution in [2.45, 2.75) is 0 Å². The van der Waals surface area contributed by atoms with Crippen LogP contribution in [0, 0.1) is 10.1 Å². The number of aldehydes is 2. The molecule has 14 heavy (non-hydrogen) atoms. The molecule has 0 aromatic heterocycles. The summed E-state index contributed by atoms with van der Waals surface area (Å²) in [7, 11) is 0. The van der Waals surface area contributed by atoms with Gasteiger partial charge >= 0.3 is 0 Å². The molecule has 0 saturated carbocycles. The van der Waals surface area contributed by atoms with Crippen molar-refractivity contribution in [1.82, 2.24) is 0 Å². The minimum atomic E-state index is -0.761. The van der Waals surface area contributed by atoms with E-state index in [0.717, 1.165) is 6.07 Å². The summed E-state index contributed by atoms with van der Waals surface area (Å²) in [5, 5.41) is 10.5. The molecule has 0 amide bonds. The largest absolute Gasteiger partial charge is 0.298 e. The molecule has 0 saturated heterocycles. The average Bonchev–Trinajstić information content (AvgIpc) is 2.16. The van der Waals surface area contributed by atoms with Crippen molar-refractivity contribution in [1.29, 1.82) is 0 Å². The number of benzene rings is 1. The van der Waals surface area contributed by atoms with Crippen molar-refractivity contribution in [3.63, 3.8) is 0 Å². The van der Waals surface area contributed by atoms with Crippen LogP contribution in [0.3, 0.4) is 0 Å². The van der Waals surface area contributed by atoms with Crippen LogP contribution in [0.15, 0.2) is 12.1 Å². The highest BCUT2D eigenvalue weighted by Gasteiger charge is 2.18. The standard InChI is InChI=1S/C8H4ClNO4/c9-6-1-5(3-11)7(4-12)8(2-6)10(13)14/h1-4H. The predicted octanol–water partition coefficient (Wildman–Crippen LogP) is 1.87. The molecule has 0 aliphatic heterocycles. The van der Waals surface area contributed by atoms with E-state index in [1.54, 1.807) is 0 Å². The number of nitro groups is 1. The van der Waals surface area contributed by atoms with Crippen molar-refractivity contribution in [3.8, 4) is 0 Å². The molecule has 0 aliphatic rings. The Morgan fingerprint density at radius 1 is 1.29 bits per heavy atom. The number of hydrogen-bond acceptors (Lipinski definition) is 4. The third-order valence-corrected chi connectivity index (χ3v) is 1.81. The molecule has 1 rings (SSSR count). The lowest BCUT2D eigenvalue weighted by Crippen LogP contribution is -1.99. The summed E-state index contributed by atoms with van der Waals surface area (Å²) in [4.78, 5) is 30.7.